The zero-order chi connectivity index (χ0) is 15.9. The first kappa shape index (κ1) is 17.2. The quantitative estimate of drug-likeness (QED) is 0.808. The molecule has 1 amide bonds. The van der Waals surface area contributed by atoms with Crippen molar-refractivity contribution in [2.75, 3.05) is 33.8 Å². The van der Waals surface area contributed by atoms with Crippen LogP contribution in [0, 0.1) is 0 Å². The summed E-state index contributed by atoms with van der Waals surface area (Å²) in [4.78, 5) is 18.7. The Morgan fingerprint density at radius 2 is 2.05 bits per heavy atom. The highest BCUT2D eigenvalue weighted by molar-refractivity contribution is 5.67. The molecule has 118 valence electrons. The maximum atomic E-state index is 12.1. The number of likely N-dealkylation sites (N-methyl/N-ethyl adjacent to an activating group) is 1. The molecule has 0 aromatic carbocycles. The lowest BCUT2D eigenvalue weighted by atomic mass is 10.2. The predicted molar refractivity (Wildman–Crippen MR) is 70.6 cm³/mol. The normalized spacial score (nSPS) is 11.5. The fourth-order valence-corrected chi connectivity index (χ4v) is 1.50. The van der Waals surface area contributed by atoms with Gasteiger partial charge in [-0.3, -0.25) is 4.98 Å². The predicted octanol–water partition coefficient (Wildman–Crippen LogP) is 2.14. The van der Waals surface area contributed by atoms with E-state index in [2.05, 4.69) is 9.72 Å². The standard InChI is InChI=1S/C13H18F3N3O2/c1-18(2)6-7-19(9-11-4-3-5-17-8-11)12(20)21-10-13(14,15)16/h3-5,8H,6-7,9-10H2,1-2H3. The van der Waals surface area contributed by atoms with Crippen LogP contribution in [-0.2, 0) is 11.3 Å². The summed E-state index contributed by atoms with van der Waals surface area (Å²) in [7, 11) is 3.62. The van der Waals surface area contributed by atoms with Crippen LogP contribution in [0.15, 0.2) is 24.5 Å². The van der Waals surface area contributed by atoms with E-state index >= 15 is 0 Å². The zero-order valence-electron chi connectivity index (χ0n) is 11.9. The molecule has 0 bridgehead atoms. The molecule has 0 atom stereocenters. The molecular formula is C13H18F3N3O2. The van der Waals surface area contributed by atoms with Gasteiger partial charge < -0.3 is 14.5 Å². The maximum Gasteiger partial charge on any atom is 0.422 e. The molecule has 0 radical (unpaired) electrons. The number of carbonyl (C=O) groups is 1. The molecule has 0 saturated carbocycles. The van der Waals surface area contributed by atoms with Gasteiger partial charge in [0, 0.05) is 25.5 Å². The number of nitrogens with zero attached hydrogens (tertiary/aromatic N) is 3. The minimum atomic E-state index is -4.53. The largest absolute Gasteiger partial charge is 0.440 e. The van der Waals surface area contributed by atoms with Gasteiger partial charge in [0.15, 0.2) is 6.61 Å². The summed E-state index contributed by atoms with van der Waals surface area (Å²) in [5.74, 6) is 0. The number of amides is 1. The Balaban J connectivity index is 2.65. The first-order valence-electron chi connectivity index (χ1n) is 6.30. The third kappa shape index (κ3) is 7.50. The van der Waals surface area contributed by atoms with Crippen LogP contribution in [0.4, 0.5) is 18.0 Å². The summed E-state index contributed by atoms with van der Waals surface area (Å²) < 4.78 is 40.6. The molecule has 0 aliphatic rings. The molecule has 0 fully saturated rings. The van der Waals surface area contributed by atoms with Crippen LogP contribution in [0.5, 0.6) is 0 Å². The van der Waals surface area contributed by atoms with Crippen LogP contribution < -0.4 is 0 Å². The van der Waals surface area contributed by atoms with Gasteiger partial charge in [-0.2, -0.15) is 13.2 Å². The van der Waals surface area contributed by atoms with Gasteiger partial charge in [0.25, 0.3) is 0 Å². The van der Waals surface area contributed by atoms with Crippen LogP contribution in [0.3, 0.4) is 0 Å². The van der Waals surface area contributed by atoms with E-state index in [0.29, 0.717) is 6.54 Å². The third-order valence-corrected chi connectivity index (χ3v) is 2.53. The highest BCUT2D eigenvalue weighted by atomic mass is 19.4. The second-order valence-electron chi connectivity index (χ2n) is 4.76. The highest BCUT2D eigenvalue weighted by Crippen LogP contribution is 2.15. The molecule has 0 aliphatic heterocycles. The minimum Gasteiger partial charge on any atom is -0.440 e. The highest BCUT2D eigenvalue weighted by Gasteiger charge is 2.30. The van der Waals surface area contributed by atoms with Crippen molar-refractivity contribution in [3.63, 3.8) is 0 Å². The molecule has 0 spiro atoms. The molecule has 0 saturated heterocycles. The van der Waals surface area contributed by atoms with E-state index in [9.17, 15) is 18.0 Å². The number of pyridine rings is 1. The Bertz CT molecular complexity index is 438. The van der Waals surface area contributed by atoms with Crippen LogP contribution in [0.25, 0.3) is 0 Å². The summed E-state index contributed by atoms with van der Waals surface area (Å²) in [6, 6.07) is 3.44. The molecular weight excluding hydrogens is 287 g/mol. The first-order valence-corrected chi connectivity index (χ1v) is 6.30. The second kappa shape index (κ2) is 7.82. The van der Waals surface area contributed by atoms with E-state index in [0.717, 1.165) is 5.56 Å². The number of hydrogen-bond acceptors (Lipinski definition) is 4. The van der Waals surface area contributed by atoms with Crippen molar-refractivity contribution in [2.24, 2.45) is 0 Å². The van der Waals surface area contributed by atoms with Crippen LogP contribution in [0.2, 0.25) is 0 Å². The monoisotopic (exact) mass is 305 g/mol. The maximum absolute atomic E-state index is 12.1. The van der Waals surface area contributed by atoms with E-state index in [1.54, 1.807) is 24.5 Å². The smallest absolute Gasteiger partial charge is 0.422 e. The molecule has 1 aromatic heterocycles. The lowest BCUT2D eigenvalue weighted by Gasteiger charge is -2.24. The van der Waals surface area contributed by atoms with Crippen molar-refractivity contribution in [1.82, 2.24) is 14.8 Å². The van der Waals surface area contributed by atoms with Gasteiger partial charge >= 0.3 is 12.3 Å². The van der Waals surface area contributed by atoms with Gasteiger partial charge in [-0.25, -0.2) is 4.79 Å². The number of aromatic nitrogens is 1. The summed E-state index contributed by atoms with van der Waals surface area (Å²) >= 11 is 0. The van der Waals surface area contributed by atoms with E-state index in [1.807, 2.05) is 19.0 Å². The van der Waals surface area contributed by atoms with E-state index in [4.69, 9.17) is 0 Å². The number of alkyl halides is 3. The number of rotatable bonds is 6. The van der Waals surface area contributed by atoms with Gasteiger partial charge in [-0.15, -0.1) is 0 Å². The number of ether oxygens (including phenoxy) is 1. The summed E-state index contributed by atoms with van der Waals surface area (Å²) in [5.41, 5.74) is 0.722. The third-order valence-electron chi connectivity index (χ3n) is 2.53. The van der Waals surface area contributed by atoms with Crippen LogP contribution in [-0.4, -0.2) is 60.8 Å². The van der Waals surface area contributed by atoms with Crippen molar-refractivity contribution in [2.45, 2.75) is 12.7 Å². The fourth-order valence-electron chi connectivity index (χ4n) is 1.50. The Kier molecular flexibility index (Phi) is 6.41. The molecule has 1 heterocycles. The zero-order valence-corrected chi connectivity index (χ0v) is 11.9. The Labute approximate surface area is 121 Å². The topological polar surface area (TPSA) is 45.7 Å². The average molecular weight is 305 g/mol. The summed E-state index contributed by atoms with van der Waals surface area (Å²) in [6.07, 6.45) is -2.38. The van der Waals surface area contributed by atoms with Gasteiger partial charge in [0.2, 0.25) is 0 Å². The van der Waals surface area contributed by atoms with E-state index < -0.39 is 18.9 Å². The van der Waals surface area contributed by atoms with Crippen molar-refractivity contribution >= 4 is 6.09 Å². The lowest BCUT2D eigenvalue weighted by Crippen LogP contribution is -2.38. The van der Waals surface area contributed by atoms with Crippen LogP contribution in [0.1, 0.15) is 5.56 Å². The average Bonchev–Trinajstić information content (AvgIpc) is 2.41. The number of hydrogen-bond donors (Lipinski definition) is 0. The van der Waals surface area contributed by atoms with E-state index in [1.165, 1.54) is 4.90 Å². The summed E-state index contributed by atoms with van der Waals surface area (Å²) in [5, 5.41) is 0. The molecule has 0 unspecified atom stereocenters. The Hall–Kier alpha value is -1.83. The molecule has 1 rings (SSSR count). The molecule has 1 aromatic rings. The minimum absolute atomic E-state index is 0.151. The SMILES string of the molecule is CN(C)CCN(Cc1cccnc1)C(=O)OCC(F)(F)F. The van der Waals surface area contributed by atoms with Gasteiger partial charge in [0.05, 0.1) is 6.54 Å². The van der Waals surface area contributed by atoms with E-state index in [-0.39, 0.29) is 13.1 Å². The summed E-state index contributed by atoms with van der Waals surface area (Å²) in [6.45, 7) is -0.657. The molecule has 0 aliphatic carbocycles. The number of halogens is 3. The molecule has 5 nitrogen and oxygen atoms in total. The molecule has 21 heavy (non-hydrogen) atoms. The lowest BCUT2D eigenvalue weighted by molar-refractivity contribution is -0.162. The Morgan fingerprint density at radius 3 is 2.57 bits per heavy atom. The van der Waals surface area contributed by atoms with Crippen molar-refractivity contribution < 1.29 is 22.7 Å². The van der Waals surface area contributed by atoms with Gasteiger partial charge in [-0.05, 0) is 25.7 Å². The van der Waals surface area contributed by atoms with Crippen molar-refractivity contribution in [3.05, 3.63) is 30.1 Å². The second-order valence-corrected chi connectivity index (χ2v) is 4.76. The fraction of sp³-hybridized carbons (Fsp3) is 0.538. The van der Waals surface area contributed by atoms with Gasteiger partial charge in [-0.1, -0.05) is 6.07 Å². The first-order chi connectivity index (χ1) is 9.78. The molecule has 8 heteroatoms. The van der Waals surface area contributed by atoms with Gasteiger partial charge in [0.1, 0.15) is 0 Å². The van der Waals surface area contributed by atoms with Crippen LogP contribution >= 0.6 is 0 Å². The number of carbonyl (C=O) groups excluding carboxylic acids is 1. The molecule has 0 N–H and O–H groups in total. The van der Waals surface area contributed by atoms with Crippen molar-refractivity contribution in [1.29, 1.82) is 0 Å². The van der Waals surface area contributed by atoms with Crippen molar-refractivity contribution in [3.8, 4) is 0 Å². The Morgan fingerprint density at radius 1 is 1.33 bits per heavy atom.